The van der Waals surface area contributed by atoms with Crippen molar-refractivity contribution in [2.75, 3.05) is 6.61 Å². The second-order valence-electron chi connectivity index (χ2n) is 13.0. The Kier molecular flexibility index (Phi) is 13.3. The number of epoxide rings is 1. The molecule has 1 aliphatic rings. The Labute approximate surface area is 271 Å². The summed E-state index contributed by atoms with van der Waals surface area (Å²) in [6.07, 6.45) is 0.0822. The number of rotatable bonds is 18. The molecule has 5 unspecified atom stereocenters. The minimum absolute atomic E-state index is 0.0139. The average molecular weight is 637 g/mol. The predicted octanol–water partition coefficient (Wildman–Crippen LogP) is 3.40. The van der Waals surface area contributed by atoms with Crippen molar-refractivity contribution in [3.05, 3.63) is 71.8 Å². The number of carboxylic acid groups (broad SMARTS) is 1. The first-order valence-electron chi connectivity index (χ1n) is 15.9. The number of ketones is 1. The van der Waals surface area contributed by atoms with E-state index in [1.807, 2.05) is 88.4 Å². The maximum atomic E-state index is 13.8. The summed E-state index contributed by atoms with van der Waals surface area (Å²) in [6, 6.07) is 14.6. The highest BCUT2D eigenvalue weighted by atomic mass is 16.6. The smallest absolute Gasteiger partial charge is 0.405 e. The standard InChI is InChI=1S/C35H48N4O7/c1-22(2)18-27(30(40)35(5)21-46-35)36-33(43)29(20-25-14-10-7-11-15-25)38-32(42)28(19-23(3)4)37-31(41)26(39-34(44)45)17-16-24-12-8-6-9-13-24/h6-15,22-23,26-29,39H,16-21H2,1-5H3,(H,36,43)(H,37,41)(H,38,42)(H,44,45). The van der Waals surface area contributed by atoms with E-state index in [-0.39, 0.29) is 36.9 Å². The predicted molar refractivity (Wildman–Crippen MR) is 174 cm³/mol. The van der Waals surface area contributed by atoms with E-state index in [4.69, 9.17) is 4.74 Å². The van der Waals surface area contributed by atoms with E-state index >= 15 is 0 Å². The van der Waals surface area contributed by atoms with Gasteiger partial charge in [-0.1, -0.05) is 88.4 Å². The van der Waals surface area contributed by atoms with Crippen molar-refractivity contribution < 1.29 is 33.8 Å². The SMILES string of the molecule is CC(C)CC(NC(=O)C(CCc1ccccc1)NC(=O)O)C(=O)NC(Cc1ccccc1)C(=O)NC(CC(C)C)C(=O)C1(C)CO1. The highest BCUT2D eigenvalue weighted by molar-refractivity contribution is 5.98. The lowest BCUT2D eigenvalue weighted by atomic mass is 9.93. The van der Waals surface area contributed by atoms with Gasteiger partial charge in [0.15, 0.2) is 5.78 Å². The number of carbonyl (C=O) groups excluding carboxylic acids is 4. The molecule has 1 aliphatic heterocycles. The van der Waals surface area contributed by atoms with Gasteiger partial charge in [0.1, 0.15) is 23.7 Å². The fraction of sp³-hybridized carbons (Fsp3) is 0.514. The Morgan fingerprint density at radius 1 is 0.696 bits per heavy atom. The molecule has 5 N–H and O–H groups in total. The largest absolute Gasteiger partial charge is 0.465 e. The summed E-state index contributed by atoms with van der Waals surface area (Å²) < 4.78 is 5.36. The van der Waals surface area contributed by atoms with Crippen LogP contribution in [0.3, 0.4) is 0 Å². The molecule has 11 nitrogen and oxygen atoms in total. The molecule has 1 heterocycles. The number of amides is 4. The highest BCUT2D eigenvalue weighted by Gasteiger charge is 2.50. The minimum Gasteiger partial charge on any atom is -0.465 e. The molecule has 3 rings (SSSR count). The summed E-state index contributed by atoms with van der Waals surface area (Å²) in [4.78, 5) is 65.7. The lowest BCUT2D eigenvalue weighted by Crippen LogP contribution is -2.59. The summed E-state index contributed by atoms with van der Waals surface area (Å²) in [7, 11) is 0. The van der Waals surface area contributed by atoms with E-state index in [1.54, 1.807) is 6.92 Å². The Morgan fingerprint density at radius 3 is 1.67 bits per heavy atom. The van der Waals surface area contributed by atoms with Gasteiger partial charge in [-0.15, -0.1) is 0 Å². The topological polar surface area (TPSA) is 166 Å². The first-order chi connectivity index (χ1) is 21.8. The fourth-order valence-electron chi connectivity index (χ4n) is 5.27. The lowest BCUT2D eigenvalue weighted by molar-refractivity contribution is -0.134. The third-order valence-electron chi connectivity index (χ3n) is 7.87. The Bertz CT molecular complexity index is 1330. The van der Waals surface area contributed by atoms with Gasteiger partial charge in [0.2, 0.25) is 17.7 Å². The molecular formula is C35H48N4O7. The van der Waals surface area contributed by atoms with E-state index < -0.39 is 53.6 Å². The molecule has 5 atom stereocenters. The molecule has 250 valence electrons. The molecule has 0 spiro atoms. The summed E-state index contributed by atoms with van der Waals surface area (Å²) in [5.41, 5.74) is 0.803. The maximum absolute atomic E-state index is 13.8. The number of ether oxygens (including phenoxy) is 1. The van der Waals surface area contributed by atoms with E-state index in [1.165, 1.54) is 0 Å². The Balaban J connectivity index is 1.80. The van der Waals surface area contributed by atoms with Crippen LogP contribution in [-0.4, -0.2) is 71.1 Å². The quantitative estimate of drug-likeness (QED) is 0.156. The second kappa shape index (κ2) is 16.9. The van der Waals surface area contributed by atoms with Crippen LogP contribution < -0.4 is 21.3 Å². The molecular weight excluding hydrogens is 588 g/mol. The molecule has 0 saturated carbocycles. The number of nitrogens with one attached hydrogen (secondary N) is 4. The van der Waals surface area contributed by atoms with Crippen molar-refractivity contribution in [3.63, 3.8) is 0 Å². The lowest BCUT2D eigenvalue weighted by Gasteiger charge is -2.28. The monoisotopic (exact) mass is 636 g/mol. The van der Waals surface area contributed by atoms with Gasteiger partial charge in [0.25, 0.3) is 0 Å². The molecule has 46 heavy (non-hydrogen) atoms. The number of carbonyl (C=O) groups is 5. The molecule has 2 aromatic rings. The first-order valence-corrected chi connectivity index (χ1v) is 15.9. The van der Waals surface area contributed by atoms with Crippen LogP contribution in [0, 0.1) is 11.8 Å². The van der Waals surface area contributed by atoms with Crippen LogP contribution in [0.1, 0.15) is 65.0 Å². The maximum Gasteiger partial charge on any atom is 0.405 e. The fourth-order valence-corrected chi connectivity index (χ4v) is 5.27. The van der Waals surface area contributed by atoms with Gasteiger partial charge in [0, 0.05) is 6.42 Å². The van der Waals surface area contributed by atoms with Gasteiger partial charge in [-0.25, -0.2) is 4.79 Å². The van der Waals surface area contributed by atoms with Crippen LogP contribution >= 0.6 is 0 Å². The molecule has 2 aromatic carbocycles. The average Bonchev–Trinajstić information content (AvgIpc) is 3.76. The molecule has 11 heteroatoms. The summed E-state index contributed by atoms with van der Waals surface area (Å²) in [5.74, 6) is -1.86. The van der Waals surface area contributed by atoms with Crippen molar-refractivity contribution in [2.24, 2.45) is 11.8 Å². The van der Waals surface area contributed by atoms with Crippen LogP contribution in [0.15, 0.2) is 60.7 Å². The number of benzene rings is 2. The zero-order chi connectivity index (χ0) is 33.9. The minimum atomic E-state index is -1.35. The van der Waals surface area contributed by atoms with E-state index in [0.29, 0.717) is 19.4 Å². The van der Waals surface area contributed by atoms with Crippen molar-refractivity contribution in [1.82, 2.24) is 21.3 Å². The third kappa shape index (κ3) is 11.6. The summed E-state index contributed by atoms with van der Waals surface area (Å²) in [5, 5.41) is 20.1. The van der Waals surface area contributed by atoms with E-state index in [2.05, 4.69) is 21.3 Å². The van der Waals surface area contributed by atoms with Crippen LogP contribution in [0.25, 0.3) is 0 Å². The molecule has 1 fully saturated rings. The van der Waals surface area contributed by atoms with Crippen molar-refractivity contribution in [3.8, 4) is 0 Å². The van der Waals surface area contributed by atoms with Crippen LogP contribution in [-0.2, 0) is 36.8 Å². The number of hydrogen-bond acceptors (Lipinski definition) is 6. The molecule has 4 amide bonds. The third-order valence-corrected chi connectivity index (χ3v) is 7.87. The van der Waals surface area contributed by atoms with Crippen molar-refractivity contribution in [1.29, 1.82) is 0 Å². The van der Waals surface area contributed by atoms with Crippen LogP contribution in [0.5, 0.6) is 0 Å². The van der Waals surface area contributed by atoms with Gasteiger partial charge in [-0.2, -0.15) is 0 Å². The van der Waals surface area contributed by atoms with Gasteiger partial charge in [-0.05, 0) is 55.6 Å². The van der Waals surface area contributed by atoms with Gasteiger partial charge in [0.05, 0.1) is 12.6 Å². The molecule has 0 aromatic heterocycles. The summed E-state index contributed by atoms with van der Waals surface area (Å²) in [6.45, 7) is 9.69. The van der Waals surface area contributed by atoms with Gasteiger partial charge in [-0.3, -0.25) is 19.2 Å². The normalized spacial score (nSPS) is 18.2. The Hall–Kier alpha value is -4.25. The number of Topliss-reactive ketones (excluding diaryl/α,β-unsaturated/α-hetero) is 1. The zero-order valence-corrected chi connectivity index (χ0v) is 27.4. The van der Waals surface area contributed by atoms with Crippen LogP contribution in [0.4, 0.5) is 4.79 Å². The van der Waals surface area contributed by atoms with E-state index in [9.17, 15) is 29.1 Å². The van der Waals surface area contributed by atoms with Crippen molar-refractivity contribution in [2.45, 2.75) is 96.5 Å². The van der Waals surface area contributed by atoms with Crippen molar-refractivity contribution >= 4 is 29.6 Å². The van der Waals surface area contributed by atoms with Gasteiger partial charge < -0.3 is 31.1 Å². The van der Waals surface area contributed by atoms with Gasteiger partial charge >= 0.3 is 6.09 Å². The highest BCUT2D eigenvalue weighted by Crippen LogP contribution is 2.29. The number of hydrogen-bond donors (Lipinski definition) is 5. The Morgan fingerprint density at radius 2 is 1.15 bits per heavy atom. The zero-order valence-electron chi connectivity index (χ0n) is 27.4. The second-order valence-corrected chi connectivity index (χ2v) is 13.0. The summed E-state index contributed by atoms with van der Waals surface area (Å²) >= 11 is 0. The molecule has 0 aliphatic carbocycles. The molecule has 0 radical (unpaired) electrons. The molecule has 0 bridgehead atoms. The van der Waals surface area contributed by atoms with Crippen LogP contribution in [0.2, 0.25) is 0 Å². The first kappa shape index (κ1) is 36.2. The molecule has 1 saturated heterocycles. The van der Waals surface area contributed by atoms with E-state index in [0.717, 1.165) is 11.1 Å². The number of aryl methyl sites for hydroxylation is 1.